The molecule has 2 aromatic carbocycles. The Morgan fingerprint density at radius 1 is 1.06 bits per heavy atom. The highest BCUT2D eigenvalue weighted by Crippen LogP contribution is 2.27. The molecule has 0 aliphatic carbocycles. The van der Waals surface area contributed by atoms with Crippen LogP contribution in [-0.4, -0.2) is 63.3 Å². The van der Waals surface area contributed by atoms with Crippen LogP contribution in [0.25, 0.3) is 0 Å². The number of sulfonamides is 1. The van der Waals surface area contributed by atoms with E-state index in [9.17, 15) is 13.5 Å². The van der Waals surface area contributed by atoms with Crippen LogP contribution >= 0.6 is 34.8 Å². The summed E-state index contributed by atoms with van der Waals surface area (Å²) < 4.78 is 33.0. The predicted molar refractivity (Wildman–Crippen MR) is 123 cm³/mol. The second kappa shape index (κ2) is 10.8. The Morgan fingerprint density at radius 3 is 2.32 bits per heavy atom. The quantitative estimate of drug-likeness (QED) is 0.575. The van der Waals surface area contributed by atoms with Gasteiger partial charge in [-0.25, -0.2) is 8.42 Å². The van der Waals surface area contributed by atoms with Crippen LogP contribution in [0.2, 0.25) is 15.1 Å². The average molecular weight is 509 g/mol. The monoisotopic (exact) mass is 507 g/mol. The van der Waals surface area contributed by atoms with E-state index < -0.39 is 16.1 Å². The van der Waals surface area contributed by atoms with Gasteiger partial charge in [0.15, 0.2) is 0 Å². The van der Waals surface area contributed by atoms with Crippen LogP contribution in [0, 0.1) is 0 Å². The number of hydrogen-bond donors (Lipinski definition) is 2. The second-order valence-electron chi connectivity index (χ2n) is 7.61. The van der Waals surface area contributed by atoms with E-state index in [1.165, 1.54) is 16.4 Å². The Balaban J connectivity index is 1.48. The molecular formula is C21H26Cl3N2O4S+. The minimum absolute atomic E-state index is 0.0229. The number of benzene rings is 2. The lowest BCUT2D eigenvalue weighted by Gasteiger charge is -2.32. The smallest absolute Gasteiger partial charge is 0.245 e. The third-order valence-corrected chi connectivity index (χ3v) is 8.21. The van der Waals surface area contributed by atoms with E-state index in [0.29, 0.717) is 42.8 Å². The Labute approximate surface area is 198 Å². The van der Waals surface area contributed by atoms with E-state index in [0.717, 1.165) is 10.5 Å². The van der Waals surface area contributed by atoms with Gasteiger partial charge in [0.1, 0.15) is 17.5 Å². The molecule has 0 bridgehead atoms. The Kier molecular flexibility index (Phi) is 8.63. The van der Waals surface area contributed by atoms with Gasteiger partial charge in [0.2, 0.25) is 10.0 Å². The minimum atomic E-state index is -3.72. The highest BCUT2D eigenvalue weighted by molar-refractivity contribution is 7.89. The minimum Gasteiger partial charge on any atom is -0.385 e. The summed E-state index contributed by atoms with van der Waals surface area (Å²) in [7, 11) is -3.72. The maximum atomic E-state index is 12.9. The molecule has 0 spiro atoms. The number of nitrogens with one attached hydrogen (secondary N) is 1. The van der Waals surface area contributed by atoms with Crippen LogP contribution in [0.15, 0.2) is 47.4 Å². The number of ether oxygens (including phenoxy) is 1. The first-order valence-electron chi connectivity index (χ1n) is 10.0. The van der Waals surface area contributed by atoms with Crippen molar-refractivity contribution in [2.75, 3.05) is 39.3 Å². The van der Waals surface area contributed by atoms with Gasteiger partial charge in [0.25, 0.3) is 0 Å². The van der Waals surface area contributed by atoms with Crippen molar-refractivity contribution >= 4 is 44.8 Å². The number of aliphatic hydroxyl groups excluding tert-OH is 1. The third-order valence-electron chi connectivity index (χ3n) is 5.34. The summed E-state index contributed by atoms with van der Waals surface area (Å²) in [6.45, 7) is 4.47. The second-order valence-corrected chi connectivity index (χ2v) is 10.8. The van der Waals surface area contributed by atoms with Crippen molar-refractivity contribution in [2.24, 2.45) is 0 Å². The summed E-state index contributed by atoms with van der Waals surface area (Å²) in [6, 6.07) is 11.8. The van der Waals surface area contributed by atoms with Crippen molar-refractivity contribution in [3.05, 3.63) is 63.1 Å². The highest BCUT2D eigenvalue weighted by Gasteiger charge is 2.32. The number of aliphatic hydroxyl groups is 1. The zero-order valence-corrected chi connectivity index (χ0v) is 20.2. The summed E-state index contributed by atoms with van der Waals surface area (Å²) >= 11 is 17.9. The van der Waals surface area contributed by atoms with Gasteiger partial charge in [-0.2, -0.15) is 4.31 Å². The van der Waals surface area contributed by atoms with Crippen molar-refractivity contribution in [1.29, 1.82) is 0 Å². The van der Waals surface area contributed by atoms with Crippen LogP contribution in [0.1, 0.15) is 18.6 Å². The van der Waals surface area contributed by atoms with E-state index >= 15 is 0 Å². The molecular weight excluding hydrogens is 483 g/mol. The molecule has 1 saturated heterocycles. The fourth-order valence-electron chi connectivity index (χ4n) is 3.54. The Bertz CT molecular complexity index is 981. The lowest BCUT2D eigenvalue weighted by atomic mass is 10.1. The lowest BCUT2D eigenvalue weighted by Crippen LogP contribution is -3.15. The number of rotatable bonds is 8. The van der Waals surface area contributed by atoms with Crippen LogP contribution in [0.3, 0.4) is 0 Å². The lowest BCUT2D eigenvalue weighted by molar-refractivity contribution is -0.906. The van der Waals surface area contributed by atoms with Gasteiger partial charge < -0.3 is 14.7 Å². The molecule has 3 rings (SSSR count). The van der Waals surface area contributed by atoms with E-state index in [4.69, 9.17) is 39.5 Å². The molecule has 170 valence electrons. The molecule has 0 radical (unpaired) electrons. The molecule has 0 unspecified atom stereocenters. The van der Waals surface area contributed by atoms with Gasteiger partial charge in [0, 0.05) is 10.0 Å². The first kappa shape index (κ1) is 24.7. The zero-order valence-electron chi connectivity index (χ0n) is 17.1. The summed E-state index contributed by atoms with van der Waals surface area (Å²) in [4.78, 5) is 1.15. The van der Waals surface area contributed by atoms with E-state index in [1.54, 1.807) is 18.2 Å². The molecule has 1 aliphatic rings. The standard InChI is InChI=1S/C21H25Cl3N2O4S/c1-15(16-2-4-17(22)5-3-16)30-14-19(27)13-25-8-10-26(11-9-25)31(28,29)21-12-18(23)6-7-20(21)24/h2-7,12,15,19,27H,8-11,13-14H2,1H3/p+1/t15-,19+/m1/s1. The first-order valence-corrected chi connectivity index (χ1v) is 12.6. The first-order chi connectivity index (χ1) is 14.7. The fraction of sp³-hybridized carbons (Fsp3) is 0.429. The molecule has 2 atom stereocenters. The van der Waals surface area contributed by atoms with Gasteiger partial charge >= 0.3 is 0 Å². The SMILES string of the molecule is C[C@@H](OC[C@@H](O)C[NH+]1CCN(S(=O)(=O)c2cc(Cl)ccc2Cl)CC1)c1ccc(Cl)cc1. The molecule has 0 saturated carbocycles. The van der Waals surface area contributed by atoms with Crippen molar-refractivity contribution in [2.45, 2.75) is 24.0 Å². The third kappa shape index (κ3) is 6.55. The maximum absolute atomic E-state index is 12.9. The number of nitrogens with zero attached hydrogens (tertiary/aromatic N) is 1. The zero-order chi connectivity index (χ0) is 22.6. The largest absolute Gasteiger partial charge is 0.385 e. The molecule has 1 aliphatic heterocycles. The number of halogens is 3. The molecule has 6 nitrogen and oxygen atoms in total. The number of piperazine rings is 1. The van der Waals surface area contributed by atoms with Crippen LogP contribution < -0.4 is 4.90 Å². The van der Waals surface area contributed by atoms with Crippen LogP contribution in [0.4, 0.5) is 0 Å². The van der Waals surface area contributed by atoms with Crippen molar-refractivity contribution < 1.29 is 23.2 Å². The van der Waals surface area contributed by atoms with Crippen molar-refractivity contribution in [3.8, 4) is 0 Å². The molecule has 1 heterocycles. The summed E-state index contributed by atoms with van der Waals surface area (Å²) in [6.07, 6.45) is -0.804. The van der Waals surface area contributed by atoms with Crippen LogP contribution in [-0.2, 0) is 14.8 Å². The van der Waals surface area contributed by atoms with E-state index in [2.05, 4.69) is 0 Å². The summed E-state index contributed by atoms with van der Waals surface area (Å²) in [5.41, 5.74) is 0.988. The maximum Gasteiger partial charge on any atom is 0.245 e. The Morgan fingerprint density at radius 2 is 1.68 bits per heavy atom. The van der Waals surface area contributed by atoms with Gasteiger partial charge in [-0.1, -0.05) is 46.9 Å². The van der Waals surface area contributed by atoms with Gasteiger partial charge in [-0.3, -0.25) is 0 Å². The topological polar surface area (TPSA) is 71.3 Å². The average Bonchev–Trinajstić information content (AvgIpc) is 2.74. The van der Waals surface area contributed by atoms with Gasteiger partial charge in [0.05, 0.1) is 43.9 Å². The molecule has 1 fully saturated rings. The fourth-order valence-corrected chi connectivity index (χ4v) is 5.84. The highest BCUT2D eigenvalue weighted by atomic mass is 35.5. The summed E-state index contributed by atoms with van der Waals surface area (Å²) in [5.74, 6) is 0. The molecule has 0 amide bonds. The summed E-state index contributed by atoms with van der Waals surface area (Å²) in [5, 5.41) is 11.5. The number of hydrogen-bond acceptors (Lipinski definition) is 4. The normalized spacial score (nSPS) is 18.1. The number of quaternary nitrogens is 1. The van der Waals surface area contributed by atoms with Crippen molar-refractivity contribution in [1.82, 2.24) is 4.31 Å². The Hall–Kier alpha value is -0.900. The van der Waals surface area contributed by atoms with Crippen molar-refractivity contribution in [3.63, 3.8) is 0 Å². The molecule has 10 heteroatoms. The molecule has 0 aromatic heterocycles. The van der Waals surface area contributed by atoms with Gasteiger partial charge in [-0.15, -0.1) is 0 Å². The van der Waals surface area contributed by atoms with E-state index in [-0.39, 0.29) is 22.6 Å². The predicted octanol–water partition coefficient (Wildman–Crippen LogP) is 2.67. The molecule has 31 heavy (non-hydrogen) atoms. The molecule has 2 aromatic rings. The molecule has 2 N–H and O–H groups in total. The van der Waals surface area contributed by atoms with Gasteiger partial charge in [-0.05, 0) is 42.8 Å². The van der Waals surface area contributed by atoms with Crippen LogP contribution in [0.5, 0.6) is 0 Å². The van der Waals surface area contributed by atoms with E-state index in [1.807, 2.05) is 19.1 Å².